The molecule has 0 N–H and O–H groups in total. The molecule has 0 unspecified atom stereocenters. The Labute approximate surface area is 170 Å². The fourth-order valence-electron chi connectivity index (χ4n) is 5.92. The topological polar surface area (TPSA) is 54.9 Å². The molecule has 150 valence electrons. The van der Waals surface area contributed by atoms with E-state index >= 15 is 0 Å². The quantitative estimate of drug-likeness (QED) is 0.805. The lowest BCUT2D eigenvalue weighted by Crippen LogP contribution is -2.60. The van der Waals surface area contributed by atoms with E-state index in [1.807, 2.05) is 18.2 Å². The molecule has 3 atom stereocenters. The summed E-state index contributed by atoms with van der Waals surface area (Å²) in [5, 5.41) is 0. The molecule has 0 saturated carbocycles. The Balaban J connectivity index is 1.32. The zero-order chi connectivity index (χ0) is 19.4. The maximum atomic E-state index is 13.3. The second kappa shape index (κ2) is 6.73. The summed E-state index contributed by atoms with van der Waals surface area (Å²) in [5.74, 6) is 2.80. The molecule has 6 heteroatoms. The van der Waals surface area contributed by atoms with Crippen LogP contribution in [-0.2, 0) is 11.2 Å². The summed E-state index contributed by atoms with van der Waals surface area (Å²) in [6.07, 6.45) is 6.38. The fraction of sp³-hybridized carbons (Fsp3) is 0.478. The van der Waals surface area contributed by atoms with E-state index in [0.29, 0.717) is 37.1 Å². The predicted octanol–water partition coefficient (Wildman–Crippen LogP) is 2.44. The van der Waals surface area contributed by atoms with Crippen LogP contribution in [0, 0.1) is 5.92 Å². The molecule has 2 bridgehead atoms. The average molecular weight is 391 g/mol. The van der Waals surface area contributed by atoms with Crippen LogP contribution in [0.3, 0.4) is 0 Å². The van der Waals surface area contributed by atoms with E-state index in [1.165, 1.54) is 18.4 Å². The average Bonchev–Trinajstić information content (AvgIpc) is 3.41. The largest absolute Gasteiger partial charge is 0.454 e. The number of rotatable bonds is 3. The molecule has 29 heavy (non-hydrogen) atoms. The highest BCUT2D eigenvalue weighted by Gasteiger charge is 2.54. The van der Waals surface area contributed by atoms with Crippen molar-refractivity contribution in [3.05, 3.63) is 53.9 Å². The number of carbonyl (C=O) groups excluding carboxylic acids is 1. The molecule has 1 amide bonds. The summed E-state index contributed by atoms with van der Waals surface area (Å²) in [7, 11) is 0. The van der Waals surface area contributed by atoms with Crippen molar-refractivity contribution in [1.29, 1.82) is 0 Å². The number of aromatic nitrogens is 1. The minimum atomic E-state index is 0.227. The molecule has 4 saturated heterocycles. The Morgan fingerprint density at radius 1 is 1.10 bits per heavy atom. The van der Waals surface area contributed by atoms with Crippen molar-refractivity contribution in [1.82, 2.24) is 14.8 Å². The number of benzene rings is 1. The maximum absolute atomic E-state index is 13.3. The molecule has 2 aromatic rings. The van der Waals surface area contributed by atoms with E-state index in [9.17, 15) is 4.79 Å². The predicted molar refractivity (Wildman–Crippen MR) is 107 cm³/mol. The van der Waals surface area contributed by atoms with Gasteiger partial charge in [-0.05, 0) is 61.2 Å². The van der Waals surface area contributed by atoms with E-state index in [2.05, 4.69) is 26.9 Å². The standard InChI is InChI=1S/C23H25N3O3/c27-21(10-15-2-1-7-24-12-15)26-13-18(17-3-4-19-20(11-17)29-14-28-19)23-22(26)16-5-8-25(23)9-6-16/h1-4,7,11-12,16,18,22-23H,5-6,8-10,13-14H2/t18-,22+,23+/m1/s1. The molecule has 0 spiro atoms. The second-order valence-electron chi connectivity index (χ2n) is 8.66. The smallest absolute Gasteiger partial charge is 0.231 e. The number of fused-ring (bicyclic) bond motifs is 3. The molecular formula is C23H25N3O3. The number of hydrogen-bond donors (Lipinski definition) is 0. The lowest BCUT2D eigenvalue weighted by molar-refractivity contribution is -0.135. The minimum Gasteiger partial charge on any atom is -0.454 e. The Hall–Kier alpha value is -2.60. The molecule has 7 rings (SSSR count). The lowest BCUT2D eigenvalue weighted by Gasteiger charge is -2.51. The van der Waals surface area contributed by atoms with Crippen molar-refractivity contribution in [2.45, 2.75) is 37.3 Å². The Kier molecular flexibility index (Phi) is 4.01. The second-order valence-corrected chi connectivity index (χ2v) is 8.66. The van der Waals surface area contributed by atoms with Gasteiger partial charge >= 0.3 is 0 Å². The van der Waals surface area contributed by atoms with Gasteiger partial charge in [0.2, 0.25) is 12.7 Å². The van der Waals surface area contributed by atoms with Crippen LogP contribution < -0.4 is 9.47 Å². The third kappa shape index (κ3) is 2.81. The maximum Gasteiger partial charge on any atom is 0.231 e. The summed E-state index contributed by atoms with van der Waals surface area (Å²) in [4.78, 5) is 22.3. The Bertz CT molecular complexity index is 926. The summed E-state index contributed by atoms with van der Waals surface area (Å²) in [5.41, 5.74) is 2.25. The van der Waals surface area contributed by atoms with Gasteiger partial charge in [0.1, 0.15) is 0 Å². The van der Waals surface area contributed by atoms with Crippen LogP contribution in [0.15, 0.2) is 42.7 Å². The molecule has 1 aromatic carbocycles. The number of ether oxygens (including phenoxy) is 2. The van der Waals surface area contributed by atoms with E-state index in [4.69, 9.17) is 9.47 Å². The van der Waals surface area contributed by atoms with Crippen molar-refractivity contribution in [2.24, 2.45) is 5.92 Å². The van der Waals surface area contributed by atoms with Crippen molar-refractivity contribution in [2.75, 3.05) is 26.4 Å². The highest BCUT2D eigenvalue weighted by atomic mass is 16.7. The van der Waals surface area contributed by atoms with E-state index in [-0.39, 0.29) is 5.91 Å². The van der Waals surface area contributed by atoms with Crippen molar-refractivity contribution in [3.8, 4) is 11.5 Å². The first-order chi connectivity index (χ1) is 14.3. The van der Waals surface area contributed by atoms with Gasteiger partial charge in [-0.2, -0.15) is 0 Å². The van der Waals surface area contributed by atoms with Crippen LogP contribution in [0.25, 0.3) is 0 Å². The molecule has 4 fully saturated rings. The van der Waals surface area contributed by atoms with E-state index < -0.39 is 0 Å². The third-order valence-corrected chi connectivity index (χ3v) is 7.22. The number of piperidine rings is 3. The van der Waals surface area contributed by atoms with Gasteiger partial charge in [-0.25, -0.2) is 0 Å². The van der Waals surface area contributed by atoms with Crippen LogP contribution in [0.5, 0.6) is 11.5 Å². The molecule has 6 heterocycles. The van der Waals surface area contributed by atoms with Crippen LogP contribution in [-0.4, -0.2) is 59.2 Å². The zero-order valence-electron chi connectivity index (χ0n) is 16.4. The number of pyridine rings is 1. The highest BCUT2D eigenvalue weighted by Crippen LogP contribution is 2.48. The number of hydrogen-bond acceptors (Lipinski definition) is 5. The normalized spacial score (nSPS) is 31.7. The van der Waals surface area contributed by atoms with Crippen molar-refractivity contribution in [3.63, 3.8) is 0 Å². The first-order valence-electron chi connectivity index (χ1n) is 10.6. The van der Waals surface area contributed by atoms with Gasteiger partial charge in [-0.3, -0.25) is 14.7 Å². The number of nitrogens with zero attached hydrogens (tertiary/aromatic N) is 3. The Morgan fingerprint density at radius 3 is 2.79 bits per heavy atom. The van der Waals surface area contributed by atoms with Gasteiger partial charge < -0.3 is 14.4 Å². The van der Waals surface area contributed by atoms with Gasteiger partial charge in [0.15, 0.2) is 11.5 Å². The van der Waals surface area contributed by atoms with Crippen LogP contribution in [0.2, 0.25) is 0 Å². The summed E-state index contributed by atoms with van der Waals surface area (Å²) >= 11 is 0. The summed E-state index contributed by atoms with van der Waals surface area (Å²) < 4.78 is 11.1. The SMILES string of the molecule is O=C(Cc1cccnc1)N1C[C@H](c2ccc3c(c2)OCO3)[C@H]2[C@@H]1C1CCN2CC1. The number of amides is 1. The number of likely N-dealkylation sites (tertiary alicyclic amines) is 1. The van der Waals surface area contributed by atoms with E-state index in [1.54, 1.807) is 12.4 Å². The molecule has 5 aliphatic rings. The van der Waals surface area contributed by atoms with Gasteiger partial charge in [0.05, 0.1) is 12.5 Å². The van der Waals surface area contributed by atoms with Crippen molar-refractivity contribution >= 4 is 5.91 Å². The van der Waals surface area contributed by atoms with Gasteiger partial charge in [0.25, 0.3) is 0 Å². The fourth-order valence-corrected chi connectivity index (χ4v) is 5.92. The van der Waals surface area contributed by atoms with Crippen molar-refractivity contribution < 1.29 is 14.3 Å². The van der Waals surface area contributed by atoms with Gasteiger partial charge in [-0.1, -0.05) is 12.1 Å². The van der Waals surface area contributed by atoms with Gasteiger partial charge in [-0.15, -0.1) is 0 Å². The van der Waals surface area contributed by atoms with Crippen LogP contribution in [0.4, 0.5) is 0 Å². The molecule has 5 aliphatic heterocycles. The zero-order valence-corrected chi connectivity index (χ0v) is 16.4. The monoisotopic (exact) mass is 391 g/mol. The first kappa shape index (κ1) is 17.3. The van der Waals surface area contributed by atoms with Gasteiger partial charge in [0, 0.05) is 30.9 Å². The molecule has 0 aliphatic carbocycles. The van der Waals surface area contributed by atoms with Crippen LogP contribution >= 0.6 is 0 Å². The van der Waals surface area contributed by atoms with E-state index in [0.717, 1.165) is 36.7 Å². The summed E-state index contributed by atoms with van der Waals surface area (Å²) in [6.45, 7) is 3.37. The molecule has 0 radical (unpaired) electrons. The third-order valence-electron chi connectivity index (χ3n) is 7.22. The molecular weight excluding hydrogens is 366 g/mol. The molecule has 1 aromatic heterocycles. The summed E-state index contributed by atoms with van der Waals surface area (Å²) in [6, 6.07) is 10.9. The first-order valence-corrected chi connectivity index (χ1v) is 10.6. The minimum absolute atomic E-state index is 0.227. The number of carbonyl (C=O) groups is 1. The molecule has 6 nitrogen and oxygen atoms in total. The lowest BCUT2D eigenvalue weighted by atomic mass is 9.75. The van der Waals surface area contributed by atoms with Crippen LogP contribution in [0.1, 0.15) is 29.9 Å². The Morgan fingerprint density at radius 2 is 1.97 bits per heavy atom. The highest BCUT2D eigenvalue weighted by molar-refractivity contribution is 5.80.